The molecule has 0 aliphatic heterocycles. The first-order valence-electron chi connectivity index (χ1n) is 10.5. The van der Waals surface area contributed by atoms with Gasteiger partial charge in [0.2, 0.25) is 0 Å². The number of methoxy groups -OCH3 is 1. The van der Waals surface area contributed by atoms with Gasteiger partial charge in [-0.3, -0.25) is 14.3 Å². The maximum Gasteiger partial charge on any atom is 0.438 e. The fourth-order valence-electron chi connectivity index (χ4n) is 3.42. The van der Waals surface area contributed by atoms with E-state index < -0.39 is 29.6 Å². The molecule has 4 rings (SSSR count). The molecule has 9 nitrogen and oxygen atoms in total. The fraction of sp³-hybridized carbons (Fsp3) is 0.304. The monoisotopic (exact) mass is 523 g/mol. The van der Waals surface area contributed by atoms with Gasteiger partial charge in [0, 0.05) is 19.6 Å². The minimum atomic E-state index is -4.44. The van der Waals surface area contributed by atoms with Crippen LogP contribution in [0.4, 0.5) is 13.2 Å². The van der Waals surface area contributed by atoms with E-state index >= 15 is 0 Å². The predicted octanol–water partition coefficient (Wildman–Crippen LogP) is 4.34. The molecule has 190 valence electrons. The van der Waals surface area contributed by atoms with Crippen molar-refractivity contribution in [3.05, 3.63) is 80.8 Å². The van der Waals surface area contributed by atoms with Crippen LogP contribution in [-0.4, -0.2) is 34.3 Å². The third kappa shape index (κ3) is 5.91. The van der Waals surface area contributed by atoms with E-state index in [1.165, 1.54) is 37.5 Å². The molecular formula is C23H20F3N3O6S. The quantitative estimate of drug-likeness (QED) is 0.434. The number of aromatic nitrogens is 3. The lowest BCUT2D eigenvalue weighted by Gasteiger charge is -2.22. The Bertz CT molecular complexity index is 1340. The van der Waals surface area contributed by atoms with Gasteiger partial charge in [-0.25, -0.2) is 9.78 Å². The average molecular weight is 523 g/mol. The van der Waals surface area contributed by atoms with Crippen molar-refractivity contribution in [3.63, 3.8) is 0 Å². The summed E-state index contributed by atoms with van der Waals surface area (Å²) < 4.78 is 59.7. The van der Waals surface area contributed by atoms with E-state index in [4.69, 9.17) is 14.2 Å². The van der Waals surface area contributed by atoms with Crippen LogP contribution < -0.4 is 5.76 Å². The first-order chi connectivity index (χ1) is 17.1. The lowest BCUT2D eigenvalue weighted by molar-refractivity contribution is -0.142. The standard InChI is InChI=1S/C23H20F3N3O6S/c1-12(30)33-10-17-19(36-21(27-17)13-3-5-14(6-4-13)23(24,25)26)11-34-15-7-8-16(18(9-15)32-2)20-28-22(31)35-29-20/h3-9,16,18H,10-11H2,1-2H3,(H,28,29,31). The van der Waals surface area contributed by atoms with Crippen LogP contribution in [0.25, 0.3) is 10.6 Å². The number of aromatic amines is 1. The second kappa shape index (κ2) is 10.5. The topological polar surface area (TPSA) is 117 Å². The number of nitrogens with zero attached hydrogens (tertiary/aromatic N) is 2. The number of ether oxygens (including phenoxy) is 3. The van der Waals surface area contributed by atoms with Crippen LogP contribution in [0.15, 0.2) is 57.6 Å². The number of alkyl halides is 3. The number of allylic oxidation sites excluding steroid dienone is 1. The molecule has 13 heteroatoms. The summed E-state index contributed by atoms with van der Waals surface area (Å²) in [5.74, 6) is -0.766. The largest absolute Gasteiger partial charge is 0.488 e. The van der Waals surface area contributed by atoms with Gasteiger partial charge in [0.15, 0.2) is 5.82 Å². The summed E-state index contributed by atoms with van der Waals surface area (Å²) in [5.41, 5.74) is 0.166. The number of carbonyl (C=O) groups is 1. The summed E-state index contributed by atoms with van der Waals surface area (Å²) >= 11 is 1.22. The highest BCUT2D eigenvalue weighted by Gasteiger charge is 2.30. The highest BCUT2D eigenvalue weighted by Crippen LogP contribution is 2.34. The van der Waals surface area contributed by atoms with Gasteiger partial charge in [-0.1, -0.05) is 23.4 Å². The van der Waals surface area contributed by atoms with E-state index in [0.29, 0.717) is 32.7 Å². The number of hydrogen-bond acceptors (Lipinski definition) is 9. The highest BCUT2D eigenvalue weighted by atomic mass is 32.1. The number of benzene rings is 1. The second-order valence-electron chi connectivity index (χ2n) is 7.67. The molecule has 36 heavy (non-hydrogen) atoms. The molecule has 3 aromatic rings. The highest BCUT2D eigenvalue weighted by molar-refractivity contribution is 7.15. The van der Waals surface area contributed by atoms with Gasteiger partial charge in [-0.05, 0) is 24.3 Å². The molecule has 0 fully saturated rings. The zero-order valence-corrected chi connectivity index (χ0v) is 19.8. The van der Waals surface area contributed by atoms with E-state index in [1.54, 1.807) is 18.2 Å². The maximum absolute atomic E-state index is 12.9. The molecule has 0 amide bonds. The van der Waals surface area contributed by atoms with Crippen molar-refractivity contribution in [3.8, 4) is 10.6 Å². The van der Waals surface area contributed by atoms with Gasteiger partial charge in [-0.2, -0.15) is 13.2 Å². The van der Waals surface area contributed by atoms with Crippen molar-refractivity contribution in [1.29, 1.82) is 0 Å². The lowest BCUT2D eigenvalue weighted by Crippen LogP contribution is -2.22. The summed E-state index contributed by atoms with van der Waals surface area (Å²) in [6.07, 6.45) is 0.218. The zero-order valence-electron chi connectivity index (χ0n) is 19.0. The van der Waals surface area contributed by atoms with Crippen molar-refractivity contribution in [2.24, 2.45) is 0 Å². The molecule has 2 atom stereocenters. The van der Waals surface area contributed by atoms with Gasteiger partial charge in [-0.15, -0.1) is 11.3 Å². The van der Waals surface area contributed by atoms with Crippen molar-refractivity contribution >= 4 is 17.3 Å². The molecule has 0 bridgehead atoms. The van der Waals surface area contributed by atoms with E-state index in [9.17, 15) is 22.8 Å². The molecule has 1 aliphatic rings. The van der Waals surface area contributed by atoms with Gasteiger partial charge < -0.3 is 14.2 Å². The normalized spacial score (nSPS) is 17.6. The molecule has 2 aromatic heterocycles. The molecule has 1 aromatic carbocycles. The van der Waals surface area contributed by atoms with Gasteiger partial charge in [0.1, 0.15) is 24.0 Å². The minimum absolute atomic E-state index is 0.0625. The maximum atomic E-state index is 12.9. The molecule has 0 saturated carbocycles. The average Bonchev–Trinajstić information content (AvgIpc) is 3.46. The molecule has 0 saturated heterocycles. The Morgan fingerprint density at radius 1 is 1.22 bits per heavy atom. The van der Waals surface area contributed by atoms with Gasteiger partial charge in [0.05, 0.1) is 28.2 Å². The first-order valence-corrected chi connectivity index (χ1v) is 11.4. The SMILES string of the molecule is COC1C=C(OCc2sc(-c3ccc(C(F)(F)F)cc3)nc2COC(C)=O)C=CC1c1noc(=O)[nH]1. The fourth-order valence-corrected chi connectivity index (χ4v) is 4.41. The second-order valence-corrected chi connectivity index (χ2v) is 8.75. The number of nitrogens with one attached hydrogen (secondary N) is 1. The van der Waals surface area contributed by atoms with E-state index in [0.717, 1.165) is 12.1 Å². The summed E-state index contributed by atoms with van der Waals surface area (Å²) in [6, 6.07) is 4.65. The van der Waals surface area contributed by atoms with Crippen LogP contribution in [0.5, 0.6) is 0 Å². The Morgan fingerprint density at radius 3 is 2.58 bits per heavy atom. The van der Waals surface area contributed by atoms with Crippen molar-refractivity contribution < 1.29 is 36.7 Å². The Labute approximate surface area is 206 Å². The zero-order chi connectivity index (χ0) is 25.9. The number of hydrogen-bond donors (Lipinski definition) is 1. The number of halogens is 3. The number of carbonyl (C=O) groups excluding carboxylic acids is 1. The Morgan fingerprint density at radius 2 is 1.97 bits per heavy atom. The lowest BCUT2D eigenvalue weighted by atomic mass is 9.96. The van der Waals surface area contributed by atoms with Crippen LogP contribution in [0.3, 0.4) is 0 Å². The van der Waals surface area contributed by atoms with Crippen LogP contribution in [0, 0.1) is 0 Å². The van der Waals surface area contributed by atoms with Crippen LogP contribution in [0.2, 0.25) is 0 Å². The summed E-state index contributed by atoms with van der Waals surface area (Å²) in [4.78, 5) is 30.2. The molecule has 2 heterocycles. The summed E-state index contributed by atoms with van der Waals surface area (Å²) in [5, 5.41) is 4.16. The number of rotatable bonds is 8. The van der Waals surface area contributed by atoms with E-state index in [-0.39, 0.29) is 19.1 Å². The van der Waals surface area contributed by atoms with Gasteiger partial charge in [0.25, 0.3) is 0 Å². The molecule has 1 aliphatic carbocycles. The Balaban J connectivity index is 1.52. The number of H-pyrrole nitrogens is 1. The third-order valence-electron chi connectivity index (χ3n) is 5.21. The number of esters is 1. The van der Waals surface area contributed by atoms with Crippen molar-refractivity contribution in [1.82, 2.24) is 15.1 Å². The van der Waals surface area contributed by atoms with Crippen molar-refractivity contribution in [2.45, 2.75) is 38.3 Å². The Hall–Kier alpha value is -3.71. The predicted molar refractivity (Wildman–Crippen MR) is 121 cm³/mol. The van der Waals surface area contributed by atoms with Crippen LogP contribution in [0.1, 0.15) is 34.8 Å². The molecule has 0 radical (unpaired) electrons. The van der Waals surface area contributed by atoms with E-state index in [1.807, 2.05) is 0 Å². The number of thiazole rings is 1. The first kappa shape index (κ1) is 25.4. The van der Waals surface area contributed by atoms with E-state index in [2.05, 4.69) is 19.6 Å². The smallest absolute Gasteiger partial charge is 0.438 e. The molecule has 2 unspecified atom stereocenters. The van der Waals surface area contributed by atoms with Crippen LogP contribution in [-0.2, 0) is 38.4 Å². The third-order valence-corrected chi connectivity index (χ3v) is 6.33. The van der Waals surface area contributed by atoms with Crippen molar-refractivity contribution in [2.75, 3.05) is 7.11 Å². The molecule has 1 N–H and O–H groups in total. The summed E-state index contributed by atoms with van der Waals surface area (Å²) in [6.45, 7) is 1.22. The van der Waals surface area contributed by atoms with Crippen LogP contribution >= 0.6 is 11.3 Å². The minimum Gasteiger partial charge on any atom is -0.488 e. The summed E-state index contributed by atoms with van der Waals surface area (Å²) in [7, 11) is 1.50. The van der Waals surface area contributed by atoms with Gasteiger partial charge >= 0.3 is 17.9 Å². The molecule has 0 spiro atoms. The molecular weight excluding hydrogens is 503 g/mol. The Kier molecular flexibility index (Phi) is 7.40.